The third kappa shape index (κ3) is 3.17. The van der Waals surface area contributed by atoms with Gasteiger partial charge in [-0.2, -0.15) is 0 Å². The number of fused-ring (bicyclic) bond motifs is 1. The number of Topliss-reactive ketones (excluding diaryl/α,β-unsaturated/α-hetero) is 1. The number of carbonyl (C=O) groups excluding carboxylic acids is 1. The molecule has 2 unspecified atom stereocenters. The molecule has 0 fully saturated rings. The van der Waals surface area contributed by atoms with E-state index in [1.807, 2.05) is 37.4 Å². The van der Waals surface area contributed by atoms with E-state index >= 15 is 0 Å². The van der Waals surface area contributed by atoms with E-state index in [1.54, 1.807) is 18.3 Å². The number of para-hydroxylation sites is 1. The van der Waals surface area contributed by atoms with Crippen LogP contribution in [0.4, 0.5) is 5.69 Å². The zero-order valence-corrected chi connectivity index (χ0v) is 15.2. The van der Waals surface area contributed by atoms with E-state index in [-0.39, 0.29) is 11.8 Å². The lowest BCUT2D eigenvalue weighted by atomic mass is 9.99. The lowest BCUT2D eigenvalue weighted by Crippen LogP contribution is -2.52. The molecular formula is C22H22N4O. The third-order valence-electron chi connectivity index (χ3n) is 5.10. The second kappa shape index (κ2) is 7.21. The number of aromatic amines is 1. The van der Waals surface area contributed by atoms with E-state index in [0.29, 0.717) is 12.2 Å². The Morgan fingerprint density at radius 2 is 1.85 bits per heavy atom. The number of hydrogen-bond acceptors (Lipinski definition) is 4. The Bertz CT molecular complexity index is 963. The van der Waals surface area contributed by atoms with Crippen LogP contribution >= 0.6 is 0 Å². The Balaban J connectivity index is 1.75. The summed E-state index contributed by atoms with van der Waals surface area (Å²) in [4.78, 5) is 22.7. The van der Waals surface area contributed by atoms with Crippen molar-refractivity contribution in [3.05, 3.63) is 89.7 Å². The molecule has 136 valence electrons. The number of nitrogens with two attached hydrogens (primary N) is 1. The summed E-state index contributed by atoms with van der Waals surface area (Å²) in [6.07, 6.45) is 1.73. The molecular weight excluding hydrogens is 336 g/mol. The maximum atomic E-state index is 12.8. The molecule has 2 atom stereocenters. The highest BCUT2D eigenvalue weighted by Gasteiger charge is 2.32. The molecule has 2 aromatic carbocycles. The summed E-state index contributed by atoms with van der Waals surface area (Å²) in [7, 11) is 1.98. The summed E-state index contributed by atoms with van der Waals surface area (Å²) in [5.41, 5.74) is 11.0. The van der Waals surface area contributed by atoms with Crippen molar-refractivity contribution >= 4 is 17.2 Å². The number of nitrogens with one attached hydrogen (secondary N) is 1. The summed E-state index contributed by atoms with van der Waals surface area (Å²) in [5.74, 6) is -0.104. The molecule has 0 aliphatic carbocycles. The topological polar surface area (TPSA) is 74.5 Å². The molecule has 0 spiro atoms. The van der Waals surface area contributed by atoms with E-state index in [1.165, 1.54) is 0 Å². The van der Waals surface area contributed by atoms with Gasteiger partial charge in [0.2, 0.25) is 0 Å². The number of H-pyrrole nitrogens is 1. The van der Waals surface area contributed by atoms with Crippen LogP contribution in [-0.2, 0) is 0 Å². The van der Waals surface area contributed by atoms with Crippen molar-refractivity contribution in [3.63, 3.8) is 0 Å². The fourth-order valence-corrected chi connectivity index (χ4v) is 3.59. The van der Waals surface area contributed by atoms with Crippen LogP contribution < -0.4 is 10.6 Å². The van der Waals surface area contributed by atoms with Crippen molar-refractivity contribution in [3.8, 4) is 0 Å². The first-order valence-corrected chi connectivity index (χ1v) is 9.02. The van der Waals surface area contributed by atoms with Gasteiger partial charge in [0.25, 0.3) is 0 Å². The van der Waals surface area contributed by atoms with Gasteiger partial charge in [0.1, 0.15) is 0 Å². The molecule has 3 N–H and O–H groups in total. The Kier molecular flexibility index (Phi) is 4.60. The van der Waals surface area contributed by atoms with Crippen molar-refractivity contribution in [2.24, 2.45) is 10.7 Å². The van der Waals surface area contributed by atoms with Gasteiger partial charge in [-0.05, 0) is 18.2 Å². The Labute approximate surface area is 158 Å². The lowest BCUT2D eigenvalue weighted by molar-refractivity contribution is 0.0945. The Morgan fingerprint density at radius 1 is 1.11 bits per heavy atom. The van der Waals surface area contributed by atoms with Crippen molar-refractivity contribution in [2.75, 3.05) is 18.5 Å². The minimum Gasteiger partial charge on any atom is -0.367 e. The summed E-state index contributed by atoms with van der Waals surface area (Å²) < 4.78 is 0. The fourth-order valence-electron chi connectivity index (χ4n) is 3.59. The second-order valence-corrected chi connectivity index (χ2v) is 6.72. The number of nitrogens with zero attached hydrogens (tertiary/aromatic N) is 2. The number of aromatic nitrogens is 1. The van der Waals surface area contributed by atoms with Gasteiger partial charge in [-0.15, -0.1) is 0 Å². The normalized spacial score (nSPS) is 17.6. The van der Waals surface area contributed by atoms with Crippen LogP contribution in [0.2, 0.25) is 0 Å². The SMILES string of the molecule is CN1c2ccccc2C(c2ccccc2)=NCC1C(N)C(=O)c1ccc[nH]1. The maximum Gasteiger partial charge on any atom is 0.197 e. The predicted octanol–water partition coefficient (Wildman–Crippen LogP) is 2.88. The minimum absolute atomic E-state index is 0.104. The number of hydrogen-bond donors (Lipinski definition) is 2. The molecule has 1 aliphatic heterocycles. The Morgan fingerprint density at radius 3 is 2.59 bits per heavy atom. The highest BCUT2D eigenvalue weighted by atomic mass is 16.1. The van der Waals surface area contributed by atoms with Crippen LogP contribution in [0.15, 0.2) is 77.9 Å². The lowest BCUT2D eigenvalue weighted by Gasteiger charge is -2.32. The monoisotopic (exact) mass is 358 g/mol. The summed E-state index contributed by atoms with van der Waals surface area (Å²) in [6.45, 7) is 0.447. The van der Waals surface area contributed by atoms with E-state index < -0.39 is 6.04 Å². The number of benzene rings is 2. The van der Waals surface area contributed by atoms with Gasteiger partial charge in [0, 0.05) is 30.1 Å². The molecule has 0 amide bonds. The van der Waals surface area contributed by atoms with Crippen LogP contribution in [-0.4, -0.2) is 42.2 Å². The Hall–Kier alpha value is -3.18. The molecule has 3 aromatic rings. The first kappa shape index (κ1) is 17.2. The van der Waals surface area contributed by atoms with Crippen molar-refractivity contribution in [2.45, 2.75) is 12.1 Å². The molecule has 2 heterocycles. The minimum atomic E-state index is -0.680. The second-order valence-electron chi connectivity index (χ2n) is 6.72. The quantitative estimate of drug-likeness (QED) is 0.704. The van der Waals surface area contributed by atoms with E-state index in [2.05, 4.69) is 34.1 Å². The zero-order valence-electron chi connectivity index (χ0n) is 15.2. The van der Waals surface area contributed by atoms with E-state index in [9.17, 15) is 4.79 Å². The smallest absolute Gasteiger partial charge is 0.197 e. The number of ketones is 1. The molecule has 1 aliphatic rings. The summed E-state index contributed by atoms with van der Waals surface area (Å²) in [5, 5.41) is 0. The highest BCUT2D eigenvalue weighted by molar-refractivity contribution is 6.16. The highest BCUT2D eigenvalue weighted by Crippen LogP contribution is 2.28. The van der Waals surface area contributed by atoms with Gasteiger partial charge in [-0.1, -0.05) is 48.5 Å². The van der Waals surface area contributed by atoms with Crippen molar-refractivity contribution in [1.29, 1.82) is 0 Å². The van der Waals surface area contributed by atoms with Gasteiger partial charge in [-0.3, -0.25) is 9.79 Å². The van der Waals surface area contributed by atoms with Crippen LogP contribution in [0.5, 0.6) is 0 Å². The summed E-state index contributed by atoms with van der Waals surface area (Å²) >= 11 is 0. The first-order valence-electron chi connectivity index (χ1n) is 9.02. The number of anilines is 1. The molecule has 4 rings (SSSR count). The molecule has 27 heavy (non-hydrogen) atoms. The fraction of sp³-hybridized carbons (Fsp3) is 0.182. The van der Waals surface area contributed by atoms with E-state index in [0.717, 1.165) is 22.5 Å². The molecule has 5 heteroatoms. The molecule has 0 saturated carbocycles. The number of rotatable bonds is 4. The maximum absolute atomic E-state index is 12.8. The number of aliphatic imine (C=N–C) groups is 1. The average molecular weight is 358 g/mol. The van der Waals surface area contributed by atoms with Gasteiger partial charge in [-0.25, -0.2) is 0 Å². The van der Waals surface area contributed by atoms with Gasteiger partial charge >= 0.3 is 0 Å². The summed E-state index contributed by atoms with van der Waals surface area (Å²) in [6, 6.07) is 20.9. The molecule has 0 saturated heterocycles. The predicted molar refractivity (Wildman–Crippen MR) is 109 cm³/mol. The van der Waals surface area contributed by atoms with Gasteiger partial charge < -0.3 is 15.6 Å². The standard InChI is InChI=1S/C22H22N4O/c1-26-18-12-6-5-10-16(18)21(15-8-3-2-4-9-15)25-14-19(26)20(23)22(27)17-11-7-13-24-17/h2-13,19-20,24H,14,23H2,1H3. The van der Waals surface area contributed by atoms with E-state index in [4.69, 9.17) is 10.7 Å². The van der Waals surface area contributed by atoms with Crippen LogP contribution in [0, 0.1) is 0 Å². The number of benzodiazepines with no additional fused rings is 1. The van der Waals surface area contributed by atoms with Gasteiger partial charge in [0.05, 0.1) is 30.0 Å². The molecule has 5 nitrogen and oxygen atoms in total. The molecule has 0 radical (unpaired) electrons. The van der Waals surface area contributed by atoms with Crippen LogP contribution in [0.3, 0.4) is 0 Å². The zero-order chi connectivity index (χ0) is 18.8. The molecule has 0 bridgehead atoms. The third-order valence-corrected chi connectivity index (χ3v) is 5.10. The van der Waals surface area contributed by atoms with Crippen molar-refractivity contribution < 1.29 is 4.79 Å². The molecule has 1 aromatic heterocycles. The number of carbonyl (C=O) groups is 1. The average Bonchev–Trinajstić information content (AvgIpc) is 3.21. The van der Waals surface area contributed by atoms with Crippen LogP contribution in [0.1, 0.15) is 21.6 Å². The van der Waals surface area contributed by atoms with Gasteiger partial charge in [0.15, 0.2) is 5.78 Å². The van der Waals surface area contributed by atoms with Crippen molar-refractivity contribution in [1.82, 2.24) is 4.98 Å². The van der Waals surface area contributed by atoms with Crippen LogP contribution in [0.25, 0.3) is 0 Å². The number of likely N-dealkylation sites (N-methyl/N-ethyl adjacent to an activating group) is 1. The first-order chi connectivity index (χ1) is 13.2. The largest absolute Gasteiger partial charge is 0.367 e.